The number of thiocarbonyl (C=S) groups is 1. The van der Waals surface area contributed by atoms with Gasteiger partial charge >= 0.3 is 0 Å². The quantitative estimate of drug-likeness (QED) is 0.831. The summed E-state index contributed by atoms with van der Waals surface area (Å²) in [5.74, 6) is -0.235. The van der Waals surface area contributed by atoms with Crippen LogP contribution in [0.5, 0.6) is 0 Å². The van der Waals surface area contributed by atoms with Gasteiger partial charge in [-0.05, 0) is 50.7 Å². The Labute approximate surface area is 135 Å². The Hall–Kier alpha value is -1.95. The molecule has 4 nitrogen and oxygen atoms in total. The minimum Gasteiger partial charge on any atom is -0.359 e. The fourth-order valence-corrected chi connectivity index (χ4v) is 2.48. The molecule has 2 N–H and O–H groups in total. The van der Waals surface area contributed by atoms with E-state index in [1.54, 1.807) is 12.1 Å². The van der Waals surface area contributed by atoms with E-state index in [1.807, 2.05) is 17.8 Å². The summed E-state index contributed by atoms with van der Waals surface area (Å²) in [5.41, 5.74) is 3.11. The zero-order chi connectivity index (χ0) is 16.1. The van der Waals surface area contributed by atoms with E-state index in [9.17, 15) is 4.39 Å². The van der Waals surface area contributed by atoms with Gasteiger partial charge in [0.25, 0.3) is 0 Å². The van der Waals surface area contributed by atoms with Gasteiger partial charge in [-0.1, -0.05) is 12.1 Å². The first kappa shape index (κ1) is 16.4. The molecular weight excluding hydrogens is 299 g/mol. The van der Waals surface area contributed by atoms with Crippen molar-refractivity contribution in [3.05, 3.63) is 53.1 Å². The highest BCUT2D eigenvalue weighted by molar-refractivity contribution is 7.80. The van der Waals surface area contributed by atoms with Crippen LogP contribution < -0.4 is 10.6 Å². The molecule has 1 unspecified atom stereocenters. The summed E-state index contributed by atoms with van der Waals surface area (Å²) in [7, 11) is 0. The number of hydrogen-bond donors (Lipinski definition) is 2. The first-order valence-corrected chi connectivity index (χ1v) is 7.73. The van der Waals surface area contributed by atoms with Crippen molar-refractivity contribution in [2.75, 3.05) is 0 Å². The maximum absolute atomic E-state index is 12.8. The van der Waals surface area contributed by atoms with Crippen LogP contribution in [0.25, 0.3) is 0 Å². The number of aryl methyl sites for hydroxylation is 2. The van der Waals surface area contributed by atoms with Crippen LogP contribution in [0.3, 0.4) is 0 Å². The summed E-state index contributed by atoms with van der Waals surface area (Å²) in [4.78, 5) is 0. The molecule has 0 aliphatic heterocycles. The molecule has 0 amide bonds. The van der Waals surface area contributed by atoms with Gasteiger partial charge < -0.3 is 10.6 Å². The molecule has 0 fully saturated rings. The van der Waals surface area contributed by atoms with E-state index < -0.39 is 0 Å². The lowest BCUT2D eigenvalue weighted by atomic mass is 10.1. The second kappa shape index (κ2) is 7.35. The van der Waals surface area contributed by atoms with Crippen molar-refractivity contribution in [1.29, 1.82) is 0 Å². The third-order valence-electron chi connectivity index (χ3n) is 3.49. The summed E-state index contributed by atoms with van der Waals surface area (Å²) in [6.45, 7) is 7.51. The lowest BCUT2D eigenvalue weighted by Crippen LogP contribution is -2.36. The van der Waals surface area contributed by atoms with E-state index in [1.165, 1.54) is 12.1 Å². The number of nitrogens with one attached hydrogen (secondary N) is 2. The Bertz CT molecular complexity index is 636. The molecule has 0 aliphatic carbocycles. The first-order chi connectivity index (χ1) is 10.5. The van der Waals surface area contributed by atoms with Crippen molar-refractivity contribution in [1.82, 2.24) is 20.4 Å². The summed E-state index contributed by atoms with van der Waals surface area (Å²) < 4.78 is 14.8. The molecule has 1 heterocycles. The van der Waals surface area contributed by atoms with Crippen molar-refractivity contribution in [2.24, 2.45) is 0 Å². The summed E-state index contributed by atoms with van der Waals surface area (Å²) in [6, 6.07) is 6.44. The van der Waals surface area contributed by atoms with Crippen LogP contribution in [0.4, 0.5) is 4.39 Å². The molecule has 1 aromatic carbocycles. The normalized spacial score (nSPS) is 12.0. The van der Waals surface area contributed by atoms with E-state index in [-0.39, 0.29) is 11.9 Å². The zero-order valence-electron chi connectivity index (χ0n) is 13.1. The predicted molar refractivity (Wildman–Crippen MR) is 90.0 cm³/mol. The molecule has 0 aliphatic rings. The van der Waals surface area contributed by atoms with Crippen LogP contribution in [-0.2, 0) is 13.1 Å². The molecule has 0 saturated carbocycles. The molecule has 1 atom stereocenters. The van der Waals surface area contributed by atoms with Gasteiger partial charge in [-0.15, -0.1) is 0 Å². The SMILES string of the molecule is CCn1cc(C(C)NC(=S)NCc2ccc(F)cc2)c(C)n1. The predicted octanol–water partition coefficient (Wildman–Crippen LogP) is 3.08. The van der Waals surface area contributed by atoms with Crippen molar-refractivity contribution in [3.8, 4) is 0 Å². The molecule has 0 saturated heterocycles. The lowest BCUT2D eigenvalue weighted by Gasteiger charge is -2.16. The Morgan fingerprint density at radius 1 is 1.36 bits per heavy atom. The van der Waals surface area contributed by atoms with Gasteiger partial charge in [-0.25, -0.2) is 4.39 Å². The van der Waals surface area contributed by atoms with Crippen LogP contribution in [0, 0.1) is 12.7 Å². The van der Waals surface area contributed by atoms with E-state index in [4.69, 9.17) is 12.2 Å². The third kappa shape index (κ3) is 4.27. The van der Waals surface area contributed by atoms with Crippen molar-refractivity contribution in [2.45, 2.75) is 39.9 Å². The largest absolute Gasteiger partial charge is 0.359 e. The standard InChI is InChI=1S/C16H21FN4S/c1-4-21-10-15(12(3)20-21)11(2)19-16(22)18-9-13-5-7-14(17)8-6-13/h5-8,10-11H,4,9H2,1-3H3,(H2,18,19,22). The summed E-state index contributed by atoms with van der Waals surface area (Å²) in [5, 5.41) is 11.4. The fourth-order valence-electron chi connectivity index (χ4n) is 2.23. The summed E-state index contributed by atoms with van der Waals surface area (Å²) >= 11 is 5.31. The Morgan fingerprint density at radius 3 is 2.64 bits per heavy atom. The first-order valence-electron chi connectivity index (χ1n) is 7.32. The van der Waals surface area contributed by atoms with E-state index in [0.29, 0.717) is 11.7 Å². The van der Waals surface area contributed by atoms with Gasteiger partial charge in [0.05, 0.1) is 11.7 Å². The molecule has 6 heteroatoms. The van der Waals surface area contributed by atoms with Crippen LogP contribution in [0.15, 0.2) is 30.5 Å². The number of hydrogen-bond acceptors (Lipinski definition) is 2. The number of rotatable bonds is 5. The number of halogens is 1. The number of benzene rings is 1. The van der Waals surface area contributed by atoms with Gasteiger partial charge in [-0.3, -0.25) is 4.68 Å². The fraction of sp³-hybridized carbons (Fsp3) is 0.375. The molecule has 0 radical (unpaired) electrons. The Balaban J connectivity index is 1.88. The molecule has 22 heavy (non-hydrogen) atoms. The highest BCUT2D eigenvalue weighted by atomic mass is 32.1. The average Bonchev–Trinajstić information content (AvgIpc) is 2.88. The lowest BCUT2D eigenvalue weighted by molar-refractivity contribution is 0.626. The third-order valence-corrected chi connectivity index (χ3v) is 3.75. The monoisotopic (exact) mass is 320 g/mol. The topological polar surface area (TPSA) is 41.9 Å². The number of nitrogens with zero attached hydrogens (tertiary/aromatic N) is 2. The smallest absolute Gasteiger partial charge is 0.167 e. The Kier molecular flexibility index (Phi) is 5.49. The van der Waals surface area contributed by atoms with Crippen LogP contribution >= 0.6 is 12.2 Å². The van der Waals surface area contributed by atoms with E-state index >= 15 is 0 Å². The van der Waals surface area contributed by atoms with E-state index in [0.717, 1.165) is 23.4 Å². The highest BCUT2D eigenvalue weighted by Crippen LogP contribution is 2.15. The van der Waals surface area contributed by atoms with Crippen LogP contribution in [-0.4, -0.2) is 14.9 Å². The molecule has 0 spiro atoms. The molecule has 0 bridgehead atoms. The molecule has 1 aromatic heterocycles. The van der Waals surface area contributed by atoms with Crippen LogP contribution in [0.2, 0.25) is 0 Å². The maximum atomic E-state index is 12.8. The van der Waals surface area contributed by atoms with Gasteiger partial charge in [-0.2, -0.15) is 5.10 Å². The molecular formula is C16H21FN4S. The molecule has 2 aromatic rings. The minimum absolute atomic E-state index is 0.0773. The Morgan fingerprint density at radius 2 is 2.05 bits per heavy atom. The second-order valence-electron chi connectivity index (χ2n) is 5.20. The van der Waals surface area contributed by atoms with Gasteiger partial charge in [0.15, 0.2) is 5.11 Å². The number of aromatic nitrogens is 2. The zero-order valence-corrected chi connectivity index (χ0v) is 13.9. The van der Waals surface area contributed by atoms with Gasteiger partial charge in [0.1, 0.15) is 5.82 Å². The second-order valence-corrected chi connectivity index (χ2v) is 5.61. The van der Waals surface area contributed by atoms with Crippen LogP contribution in [0.1, 0.15) is 36.7 Å². The highest BCUT2D eigenvalue weighted by Gasteiger charge is 2.13. The van der Waals surface area contributed by atoms with Gasteiger partial charge in [0, 0.05) is 24.8 Å². The molecule has 118 valence electrons. The minimum atomic E-state index is -0.235. The van der Waals surface area contributed by atoms with E-state index in [2.05, 4.69) is 29.6 Å². The molecule has 2 rings (SSSR count). The van der Waals surface area contributed by atoms with Crippen molar-refractivity contribution < 1.29 is 4.39 Å². The summed E-state index contributed by atoms with van der Waals surface area (Å²) in [6.07, 6.45) is 2.04. The van der Waals surface area contributed by atoms with Gasteiger partial charge in [0.2, 0.25) is 0 Å². The maximum Gasteiger partial charge on any atom is 0.167 e. The van der Waals surface area contributed by atoms with Crippen molar-refractivity contribution >= 4 is 17.3 Å². The average molecular weight is 320 g/mol. The van der Waals surface area contributed by atoms with Crippen molar-refractivity contribution in [3.63, 3.8) is 0 Å².